The first kappa shape index (κ1) is 15.6. The van der Waals surface area contributed by atoms with Crippen LogP contribution in [0.2, 0.25) is 0 Å². The summed E-state index contributed by atoms with van der Waals surface area (Å²) in [5.41, 5.74) is 5.97. The highest BCUT2D eigenvalue weighted by Crippen LogP contribution is 2.41. The van der Waals surface area contributed by atoms with Gasteiger partial charge in [0.1, 0.15) is 0 Å². The maximum atomic E-state index is 12.8. The molecule has 3 aromatic carbocycles. The van der Waals surface area contributed by atoms with Crippen molar-refractivity contribution in [1.82, 2.24) is 0 Å². The molecule has 1 atom stereocenters. The first-order valence-electron chi connectivity index (χ1n) is 8.73. The zero-order chi connectivity index (χ0) is 17.1. The van der Waals surface area contributed by atoms with Gasteiger partial charge in [0, 0.05) is 17.9 Å². The Morgan fingerprint density at radius 3 is 2.24 bits per heavy atom. The van der Waals surface area contributed by atoms with Gasteiger partial charge in [-0.15, -0.1) is 0 Å². The second-order valence-corrected chi connectivity index (χ2v) is 6.55. The highest BCUT2D eigenvalue weighted by atomic mass is 16.1. The van der Waals surface area contributed by atoms with Crippen LogP contribution in [0.25, 0.3) is 6.08 Å². The fraction of sp³-hybridized carbons (Fsp3) is 0.125. The molecule has 0 aliphatic heterocycles. The SMILES string of the molecule is O=C(CC1/C(=C/c2ccccc2)Cc2ccccc21)c1ccccc1. The Morgan fingerprint density at radius 2 is 1.48 bits per heavy atom. The monoisotopic (exact) mass is 324 g/mol. The van der Waals surface area contributed by atoms with Crippen molar-refractivity contribution >= 4 is 11.9 Å². The number of benzene rings is 3. The van der Waals surface area contributed by atoms with Crippen molar-refractivity contribution in [3.05, 3.63) is 113 Å². The number of carbonyl (C=O) groups excluding carboxylic acids is 1. The van der Waals surface area contributed by atoms with Gasteiger partial charge in [-0.25, -0.2) is 0 Å². The standard InChI is InChI=1S/C24H20O/c25-24(19-11-5-2-6-12-19)17-23-21(15-18-9-3-1-4-10-18)16-20-13-7-8-14-22(20)23/h1-15,23H,16-17H2/b21-15+. The van der Waals surface area contributed by atoms with Gasteiger partial charge in [-0.2, -0.15) is 0 Å². The van der Waals surface area contributed by atoms with E-state index >= 15 is 0 Å². The Kier molecular flexibility index (Phi) is 4.30. The molecule has 1 aliphatic carbocycles. The number of Topliss-reactive ketones (excluding diaryl/α,β-unsaturated/α-hetero) is 1. The quantitative estimate of drug-likeness (QED) is 0.564. The topological polar surface area (TPSA) is 17.1 Å². The normalized spacial score (nSPS) is 17.4. The number of hydrogen-bond acceptors (Lipinski definition) is 1. The fourth-order valence-electron chi connectivity index (χ4n) is 3.66. The largest absolute Gasteiger partial charge is 0.294 e. The molecule has 1 heteroatoms. The van der Waals surface area contributed by atoms with E-state index in [4.69, 9.17) is 0 Å². The molecule has 1 unspecified atom stereocenters. The lowest BCUT2D eigenvalue weighted by Gasteiger charge is -2.14. The van der Waals surface area contributed by atoms with Gasteiger partial charge < -0.3 is 0 Å². The summed E-state index contributed by atoms with van der Waals surface area (Å²) in [6.07, 6.45) is 3.71. The number of allylic oxidation sites excluding steroid dienone is 1. The average molecular weight is 324 g/mol. The van der Waals surface area contributed by atoms with E-state index in [0.717, 1.165) is 12.0 Å². The molecule has 3 aromatic rings. The molecule has 0 fully saturated rings. The number of fused-ring (bicyclic) bond motifs is 1. The van der Waals surface area contributed by atoms with Crippen LogP contribution in [-0.4, -0.2) is 5.78 Å². The van der Waals surface area contributed by atoms with E-state index in [-0.39, 0.29) is 11.7 Å². The highest BCUT2D eigenvalue weighted by molar-refractivity contribution is 5.97. The van der Waals surface area contributed by atoms with E-state index in [2.05, 4.69) is 54.6 Å². The molecular weight excluding hydrogens is 304 g/mol. The Morgan fingerprint density at radius 1 is 0.840 bits per heavy atom. The molecule has 1 aliphatic rings. The molecule has 0 bridgehead atoms. The van der Waals surface area contributed by atoms with Crippen LogP contribution < -0.4 is 0 Å². The second kappa shape index (κ2) is 6.90. The van der Waals surface area contributed by atoms with Crippen molar-refractivity contribution in [2.24, 2.45) is 0 Å². The average Bonchev–Trinajstić information content (AvgIpc) is 3.00. The lowest BCUT2D eigenvalue weighted by Crippen LogP contribution is -2.07. The predicted octanol–water partition coefficient (Wildman–Crippen LogP) is 5.68. The van der Waals surface area contributed by atoms with Crippen molar-refractivity contribution < 1.29 is 4.79 Å². The van der Waals surface area contributed by atoms with E-state index in [9.17, 15) is 4.79 Å². The lowest BCUT2D eigenvalue weighted by molar-refractivity contribution is 0.0978. The maximum Gasteiger partial charge on any atom is 0.163 e. The molecule has 0 N–H and O–H groups in total. The summed E-state index contributed by atoms with van der Waals surface area (Å²) in [6.45, 7) is 0. The minimum Gasteiger partial charge on any atom is -0.294 e. The number of hydrogen-bond donors (Lipinski definition) is 0. The minimum absolute atomic E-state index is 0.170. The molecule has 0 saturated carbocycles. The molecule has 0 spiro atoms. The molecule has 0 amide bonds. The molecule has 1 nitrogen and oxygen atoms in total. The van der Waals surface area contributed by atoms with E-state index in [0.29, 0.717) is 6.42 Å². The second-order valence-electron chi connectivity index (χ2n) is 6.55. The molecule has 122 valence electrons. The van der Waals surface area contributed by atoms with Crippen LogP contribution in [0.4, 0.5) is 0 Å². The Balaban J connectivity index is 1.68. The smallest absolute Gasteiger partial charge is 0.163 e. The third-order valence-corrected chi connectivity index (χ3v) is 4.91. The first-order valence-corrected chi connectivity index (χ1v) is 8.73. The Hall–Kier alpha value is -2.93. The van der Waals surface area contributed by atoms with Crippen molar-refractivity contribution in [3.63, 3.8) is 0 Å². The van der Waals surface area contributed by atoms with Crippen molar-refractivity contribution in [2.45, 2.75) is 18.8 Å². The van der Waals surface area contributed by atoms with Crippen LogP contribution in [0.3, 0.4) is 0 Å². The zero-order valence-corrected chi connectivity index (χ0v) is 14.1. The van der Waals surface area contributed by atoms with Gasteiger partial charge in [-0.05, 0) is 23.1 Å². The van der Waals surface area contributed by atoms with Crippen LogP contribution in [0.1, 0.15) is 39.4 Å². The zero-order valence-electron chi connectivity index (χ0n) is 14.1. The third kappa shape index (κ3) is 3.32. The summed E-state index contributed by atoms with van der Waals surface area (Å²) in [6, 6.07) is 28.5. The summed E-state index contributed by atoms with van der Waals surface area (Å²) < 4.78 is 0. The van der Waals surface area contributed by atoms with Gasteiger partial charge >= 0.3 is 0 Å². The molecule has 0 saturated heterocycles. The Labute approximate surface area is 148 Å². The maximum absolute atomic E-state index is 12.8. The predicted molar refractivity (Wildman–Crippen MR) is 103 cm³/mol. The summed E-state index contributed by atoms with van der Waals surface area (Å²) in [4.78, 5) is 12.8. The molecule has 0 heterocycles. The summed E-state index contributed by atoms with van der Waals surface area (Å²) in [5.74, 6) is 0.380. The summed E-state index contributed by atoms with van der Waals surface area (Å²) in [5, 5.41) is 0. The van der Waals surface area contributed by atoms with Crippen LogP contribution in [0, 0.1) is 0 Å². The minimum atomic E-state index is 0.170. The molecule has 25 heavy (non-hydrogen) atoms. The third-order valence-electron chi connectivity index (χ3n) is 4.91. The lowest BCUT2D eigenvalue weighted by atomic mass is 9.89. The van der Waals surface area contributed by atoms with Crippen molar-refractivity contribution in [1.29, 1.82) is 0 Å². The number of ketones is 1. The molecule has 0 aromatic heterocycles. The van der Waals surface area contributed by atoms with Gasteiger partial charge in [-0.1, -0.05) is 96.6 Å². The van der Waals surface area contributed by atoms with E-state index in [1.165, 1.54) is 22.3 Å². The van der Waals surface area contributed by atoms with Crippen LogP contribution in [0.15, 0.2) is 90.5 Å². The number of rotatable bonds is 4. The van der Waals surface area contributed by atoms with Gasteiger partial charge in [0.2, 0.25) is 0 Å². The van der Waals surface area contributed by atoms with Gasteiger partial charge in [0.15, 0.2) is 5.78 Å². The van der Waals surface area contributed by atoms with Crippen LogP contribution >= 0.6 is 0 Å². The van der Waals surface area contributed by atoms with E-state index in [1.807, 2.05) is 36.4 Å². The Bertz CT molecular complexity index is 907. The molecular formula is C24H20O. The summed E-state index contributed by atoms with van der Waals surface area (Å²) in [7, 11) is 0. The fourth-order valence-corrected chi connectivity index (χ4v) is 3.66. The van der Waals surface area contributed by atoms with Crippen LogP contribution in [-0.2, 0) is 6.42 Å². The summed E-state index contributed by atoms with van der Waals surface area (Å²) >= 11 is 0. The highest BCUT2D eigenvalue weighted by Gasteiger charge is 2.29. The first-order chi connectivity index (χ1) is 12.3. The van der Waals surface area contributed by atoms with E-state index < -0.39 is 0 Å². The van der Waals surface area contributed by atoms with Gasteiger partial charge in [0.05, 0.1) is 0 Å². The van der Waals surface area contributed by atoms with Crippen molar-refractivity contribution in [3.8, 4) is 0 Å². The number of carbonyl (C=O) groups is 1. The molecule has 0 radical (unpaired) electrons. The molecule has 4 rings (SSSR count). The van der Waals surface area contributed by atoms with Gasteiger partial charge in [-0.3, -0.25) is 4.79 Å². The van der Waals surface area contributed by atoms with Crippen LogP contribution in [0.5, 0.6) is 0 Å². The van der Waals surface area contributed by atoms with Crippen molar-refractivity contribution in [2.75, 3.05) is 0 Å². The van der Waals surface area contributed by atoms with E-state index in [1.54, 1.807) is 0 Å². The van der Waals surface area contributed by atoms with Gasteiger partial charge in [0.25, 0.3) is 0 Å².